The van der Waals surface area contributed by atoms with Gasteiger partial charge < -0.3 is 24.3 Å². The Hall–Kier alpha value is -4.00. The van der Waals surface area contributed by atoms with Gasteiger partial charge >= 0.3 is 18.4 Å². The molecule has 7 nitrogen and oxygen atoms in total. The first-order valence-corrected chi connectivity index (χ1v) is 12.7. The number of hydrogen-bond donors (Lipinski definition) is 1. The zero-order chi connectivity index (χ0) is 29.6. The maximum absolute atomic E-state index is 13.5. The second-order valence-electron chi connectivity index (χ2n) is 9.56. The molecule has 0 radical (unpaired) electrons. The molecule has 0 saturated carbocycles. The van der Waals surface area contributed by atoms with Crippen LogP contribution in [0.4, 0.5) is 36.8 Å². The lowest BCUT2D eigenvalue weighted by Crippen LogP contribution is -2.46. The monoisotopic (exact) mass is 583 g/mol. The van der Waals surface area contributed by atoms with E-state index in [9.17, 15) is 35.9 Å². The molecular formula is C28H27F6N3O4. The predicted molar refractivity (Wildman–Crippen MR) is 135 cm³/mol. The molecule has 0 bridgehead atoms. The van der Waals surface area contributed by atoms with E-state index in [-0.39, 0.29) is 25.7 Å². The summed E-state index contributed by atoms with van der Waals surface area (Å²) in [4.78, 5) is 29.2. The fourth-order valence-corrected chi connectivity index (χ4v) is 4.37. The molecule has 4 rings (SSSR count). The van der Waals surface area contributed by atoms with Crippen molar-refractivity contribution < 1.29 is 45.1 Å². The summed E-state index contributed by atoms with van der Waals surface area (Å²) in [5.74, 6) is -0.0357. The first-order valence-electron chi connectivity index (χ1n) is 12.7. The SMILES string of the molecule is O=C(CN(CC1CCCO1)C(=O)Nc1cc(C(F)(F)F)cc(C(F)(F)F)c1)N(Cc1ccccc1)Cc1ccco1. The zero-order valence-electron chi connectivity index (χ0n) is 21.7. The van der Waals surface area contributed by atoms with Crippen LogP contribution in [0.25, 0.3) is 0 Å². The first kappa shape index (κ1) is 30.0. The van der Waals surface area contributed by atoms with E-state index in [0.29, 0.717) is 37.3 Å². The summed E-state index contributed by atoms with van der Waals surface area (Å²) in [5, 5.41) is 2.12. The van der Waals surface area contributed by atoms with Gasteiger partial charge in [0.25, 0.3) is 0 Å². The lowest BCUT2D eigenvalue weighted by atomic mass is 10.1. The van der Waals surface area contributed by atoms with Crippen molar-refractivity contribution in [1.29, 1.82) is 0 Å². The van der Waals surface area contributed by atoms with Gasteiger partial charge in [0.05, 0.1) is 30.0 Å². The summed E-state index contributed by atoms with van der Waals surface area (Å²) in [6, 6.07) is 12.1. The van der Waals surface area contributed by atoms with Crippen LogP contribution < -0.4 is 5.32 Å². The number of nitrogens with one attached hydrogen (secondary N) is 1. The van der Waals surface area contributed by atoms with Crippen molar-refractivity contribution in [2.75, 3.05) is 25.0 Å². The van der Waals surface area contributed by atoms with Crippen molar-refractivity contribution in [3.63, 3.8) is 0 Å². The van der Waals surface area contributed by atoms with Gasteiger partial charge in [-0.3, -0.25) is 4.79 Å². The predicted octanol–water partition coefficient (Wildman–Crippen LogP) is 6.56. The van der Waals surface area contributed by atoms with Crippen LogP contribution in [-0.4, -0.2) is 47.5 Å². The molecule has 1 atom stereocenters. The van der Waals surface area contributed by atoms with E-state index in [2.05, 4.69) is 5.32 Å². The Balaban J connectivity index is 1.58. The molecule has 0 aliphatic carbocycles. The normalized spacial score (nSPS) is 15.5. The van der Waals surface area contributed by atoms with E-state index in [1.807, 2.05) is 18.2 Å². The Labute approximate surface area is 231 Å². The molecule has 1 aliphatic heterocycles. The van der Waals surface area contributed by atoms with E-state index >= 15 is 0 Å². The van der Waals surface area contributed by atoms with Crippen LogP contribution in [0.3, 0.4) is 0 Å². The van der Waals surface area contributed by atoms with Crippen LogP contribution in [0.5, 0.6) is 0 Å². The maximum Gasteiger partial charge on any atom is 0.416 e. The molecule has 3 amide bonds. The van der Waals surface area contributed by atoms with Gasteiger partial charge in [-0.05, 0) is 48.7 Å². The molecule has 3 aromatic rings. The third kappa shape index (κ3) is 8.49. The van der Waals surface area contributed by atoms with Crippen LogP contribution in [-0.2, 0) is 35.0 Å². The highest BCUT2D eigenvalue weighted by Gasteiger charge is 2.37. The number of furan rings is 1. The van der Waals surface area contributed by atoms with Gasteiger partial charge in [-0.2, -0.15) is 26.3 Å². The summed E-state index contributed by atoms with van der Waals surface area (Å²) in [5.41, 5.74) is -3.06. The standard InChI is InChI=1S/C28H27F6N3O4/c29-27(30,31)20-12-21(28(32,33)34)14-22(13-20)35-26(39)37(17-24-9-5-11-41-24)18-25(38)36(16-23-8-4-10-40-23)15-19-6-2-1-3-7-19/h1-4,6-8,10,12-14,24H,5,9,11,15-18H2,(H,35,39). The molecule has 1 N–H and O–H groups in total. The molecule has 13 heteroatoms. The number of nitrogens with zero attached hydrogens (tertiary/aromatic N) is 2. The molecule has 220 valence electrons. The molecule has 1 fully saturated rings. The van der Waals surface area contributed by atoms with Gasteiger partial charge in [-0.15, -0.1) is 0 Å². The average molecular weight is 584 g/mol. The van der Waals surface area contributed by atoms with E-state index in [1.165, 1.54) is 11.2 Å². The number of anilines is 1. The molecule has 1 unspecified atom stereocenters. The molecule has 1 aromatic heterocycles. The highest BCUT2D eigenvalue weighted by atomic mass is 19.4. The van der Waals surface area contributed by atoms with E-state index in [1.54, 1.807) is 24.3 Å². The van der Waals surface area contributed by atoms with Crippen LogP contribution in [0.2, 0.25) is 0 Å². The van der Waals surface area contributed by atoms with Crippen LogP contribution in [0, 0.1) is 0 Å². The third-order valence-electron chi connectivity index (χ3n) is 6.40. The van der Waals surface area contributed by atoms with Gasteiger partial charge in [0.1, 0.15) is 12.3 Å². The number of alkyl halides is 6. The van der Waals surface area contributed by atoms with E-state index in [0.717, 1.165) is 10.5 Å². The smallest absolute Gasteiger partial charge is 0.416 e. The lowest BCUT2D eigenvalue weighted by Gasteiger charge is -2.29. The Bertz CT molecular complexity index is 1270. The second-order valence-corrected chi connectivity index (χ2v) is 9.56. The van der Waals surface area contributed by atoms with Crippen LogP contribution >= 0.6 is 0 Å². The highest BCUT2D eigenvalue weighted by molar-refractivity contribution is 5.92. The van der Waals surface area contributed by atoms with Crippen LogP contribution in [0.15, 0.2) is 71.3 Å². The summed E-state index contributed by atoms with van der Waals surface area (Å²) in [6.07, 6.45) is -7.90. The number of carbonyl (C=O) groups is 2. The maximum atomic E-state index is 13.5. The molecule has 0 spiro atoms. The van der Waals surface area contributed by atoms with Crippen molar-refractivity contribution in [3.05, 3.63) is 89.4 Å². The van der Waals surface area contributed by atoms with Gasteiger partial charge in [-0.1, -0.05) is 30.3 Å². The second kappa shape index (κ2) is 12.7. The average Bonchev–Trinajstić information content (AvgIpc) is 3.62. The molecule has 2 heterocycles. The first-order chi connectivity index (χ1) is 19.4. The Morgan fingerprint density at radius 3 is 2.12 bits per heavy atom. The fourth-order valence-electron chi connectivity index (χ4n) is 4.37. The Morgan fingerprint density at radius 1 is 0.878 bits per heavy atom. The lowest BCUT2D eigenvalue weighted by molar-refractivity contribution is -0.143. The summed E-state index contributed by atoms with van der Waals surface area (Å²) in [6.45, 7) is 0.0548. The molecular weight excluding hydrogens is 556 g/mol. The van der Waals surface area contributed by atoms with Gasteiger partial charge in [0.15, 0.2) is 0 Å². The Kier molecular flexibility index (Phi) is 9.26. The number of benzene rings is 2. The van der Waals surface area contributed by atoms with Crippen molar-refractivity contribution in [2.24, 2.45) is 0 Å². The van der Waals surface area contributed by atoms with Crippen molar-refractivity contribution in [3.8, 4) is 0 Å². The zero-order valence-corrected chi connectivity index (χ0v) is 21.7. The number of hydrogen-bond acceptors (Lipinski definition) is 4. The minimum absolute atomic E-state index is 0.0284. The van der Waals surface area contributed by atoms with Crippen LogP contribution in [0.1, 0.15) is 35.3 Å². The minimum Gasteiger partial charge on any atom is -0.467 e. The minimum atomic E-state index is -5.09. The third-order valence-corrected chi connectivity index (χ3v) is 6.40. The topological polar surface area (TPSA) is 75.0 Å². The molecule has 2 aromatic carbocycles. The van der Waals surface area contributed by atoms with Crippen molar-refractivity contribution >= 4 is 17.6 Å². The highest BCUT2D eigenvalue weighted by Crippen LogP contribution is 2.37. The molecule has 1 saturated heterocycles. The largest absolute Gasteiger partial charge is 0.467 e. The molecule has 41 heavy (non-hydrogen) atoms. The number of urea groups is 1. The summed E-state index contributed by atoms with van der Waals surface area (Å²) >= 11 is 0. The summed E-state index contributed by atoms with van der Waals surface area (Å²) < 4.78 is 91.0. The fraction of sp³-hybridized carbons (Fsp3) is 0.357. The van der Waals surface area contributed by atoms with Crippen molar-refractivity contribution in [1.82, 2.24) is 9.80 Å². The Morgan fingerprint density at radius 2 is 1.56 bits per heavy atom. The van der Waals surface area contributed by atoms with Gasteiger partial charge in [0, 0.05) is 25.4 Å². The number of halogens is 6. The van der Waals surface area contributed by atoms with E-state index < -0.39 is 53.8 Å². The van der Waals surface area contributed by atoms with E-state index in [4.69, 9.17) is 9.15 Å². The number of amides is 3. The number of ether oxygens (including phenoxy) is 1. The number of rotatable bonds is 9. The van der Waals surface area contributed by atoms with Gasteiger partial charge in [-0.25, -0.2) is 4.79 Å². The van der Waals surface area contributed by atoms with Crippen molar-refractivity contribution in [2.45, 2.75) is 44.4 Å². The quantitative estimate of drug-likeness (QED) is 0.290. The molecule has 1 aliphatic rings. The van der Waals surface area contributed by atoms with Gasteiger partial charge in [0.2, 0.25) is 5.91 Å². The number of carbonyl (C=O) groups excluding carboxylic acids is 2. The summed E-state index contributed by atoms with van der Waals surface area (Å²) in [7, 11) is 0.